The molecule has 0 amide bonds. The lowest BCUT2D eigenvalue weighted by Gasteiger charge is -2.27. The number of allylic oxidation sites excluding steroid dienone is 1. The first-order valence-electron chi connectivity index (χ1n) is 10.3. The zero-order valence-corrected chi connectivity index (χ0v) is 18.6. The first kappa shape index (κ1) is 24.9. The number of thiol groups is 1. The molecule has 3 N–H and O–H groups in total. The highest BCUT2D eigenvalue weighted by molar-refractivity contribution is 7.80. The standard InChI is InChI=1S/C24H25F3N2O3S/c1-15(3-2-10-28)20(30)14-29-13-19-7-4-18-11-16(5-8-21(18)31-19)17-6-9-23(33)22(12-17)32-24(25,26)27/h2-3,5-6,8-12,19-20,28-30,33H,1,4,7,13-14H2/b3-2-,28-10?. The van der Waals surface area contributed by atoms with Gasteiger partial charge < -0.3 is 25.3 Å². The van der Waals surface area contributed by atoms with E-state index in [1.165, 1.54) is 18.2 Å². The van der Waals surface area contributed by atoms with Crippen LogP contribution in [0, 0.1) is 5.41 Å². The molecule has 2 atom stereocenters. The van der Waals surface area contributed by atoms with Crippen LogP contribution >= 0.6 is 12.6 Å². The molecule has 3 rings (SSSR count). The molecule has 2 aromatic rings. The first-order valence-corrected chi connectivity index (χ1v) is 10.7. The second kappa shape index (κ2) is 10.9. The second-order valence-electron chi connectivity index (χ2n) is 7.61. The molecule has 0 bridgehead atoms. The Morgan fingerprint density at radius 1 is 1.30 bits per heavy atom. The quantitative estimate of drug-likeness (QED) is 0.234. The molecule has 0 saturated heterocycles. The molecule has 9 heteroatoms. The van der Waals surface area contributed by atoms with Gasteiger partial charge in [0.2, 0.25) is 0 Å². The fraction of sp³-hybridized carbons (Fsp3) is 0.292. The smallest absolute Gasteiger partial charge is 0.489 e. The van der Waals surface area contributed by atoms with Crippen LogP contribution in [-0.4, -0.2) is 43.0 Å². The van der Waals surface area contributed by atoms with Gasteiger partial charge in [-0.25, -0.2) is 0 Å². The minimum atomic E-state index is -4.79. The zero-order valence-electron chi connectivity index (χ0n) is 17.7. The van der Waals surface area contributed by atoms with E-state index in [1.54, 1.807) is 18.2 Å². The van der Waals surface area contributed by atoms with Crippen LogP contribution in [0.4, 0.5) is 13.2 Å². The third kappa shape index (κ3) is 7.12. The van der Waals surface area contributed by atoms with E-state index in [0.29, 0.717) is 24.2 Å². The van der Waals surface area contributed by atoms with Crippen LogP contribution in [-0.2, 0) is 6.42 Å². The predicted octanol–water partition coefficient (Wildman–Crippen LogP) is 4.95. The van der Waals surface area contributed by atoms with Crippen molar-refractivity contribution in [2.24, 2.45) is 0 Å². The second-order valence-corrected chi connectivity index (χ2v) is 8.09. The van der Waals surface area contributed by atoms with Gasteiger partial charge in [-0.05, 0) is 65.4 Å². The Labute approximate surface area is 195 Å². The number of ether oxygens (including phenoxy) is 2. The summed E-state index contributed by atoms with van der Waals surface area (Å²) >= 11 is 4.04. The predicted molar refractivity (Wildman–Crippen MR) is 124 cm³/mol. The van der Waals surface area contributed by atoms with Crippen molar-refractivity contribution in [2.75, 3.05) is 13.1 Å². The summed E-state index contributed by atoms with van der Waals surface area (Å²) in [6.45, 7) is 4.63. The van der Waals surface area contributed by atoms with E-state index in [-0.39, 0.29) is 16.7 Å². The summed E-state index contributed by atoms with van der Waals surface area (Å²) in [6, 6.07) is 10.0. The van der Waals surface area contributed by atoms with Crippen molar-refractivity contribution in [3.8, 4) is 22.6 Å². The van der Waals surface area contributed by atoms with Gasteiger partial charge in [-0.2, -0.15) is 0 Å². The maximum Gasteiger partial charge on any atom is 0.573 e. The molecule has 2 aromatic carbocycles. The Bertz CT molecular complexity index is 1040. The van der Waals surface area contributed by atoms with Gasteiger partial charge >= 0.3 is 6.36 Å². The van der Waals surface area contributed by atoms with Gasteiger partial charge in [0, 0.05) is 24.2 Å². The van der Waals surface area contributed by atoms with Crippen molar-refractivity contribution in [1.29, 1.82) is 5.41 Å². The number of nitrogens with one attached hydrogen (secondary N) is 2. The molecule has 1 aliphatic rings. The summed E-state index contributed by atoms with van der Waals surface area (Å²) in [4.78, 5) is 0.104. The Kier molecular flexibility index (Phi) is 8.23. The average molecular weight is 479 g/mol. The van der Waals surface area contributed by atoms with Crippen molar-refractivity contribution >= 4 is 18.8 Å². The average Bonchev–Trinajstić information content (AvgIpc) is 2.77. The number of aliphatic hydroxyl groups is 1. The Balaban J connectivity index is 1.61. The molecule has 176 valence electrons. The van der Waals surface area contributed by atoms with E-state index in [0.717, 1.165) is 35.9 Å². The summed E-state index contributed by atoms with van der Waals surface area (Å²) < 4.78 is 48.0. The SMILES string of the molecule is C=C(/C=C\C=N)C(O)CNCC1CCc2cc(-c3ccc(S)c(OC(F)(F)F)c3)ccc2O1. The minimum Gasteiger partial charge on any atom is -0.489 e. The molecule has 0 aliphatic carbocycles. The third-order valence-corrected chi connectivity index (χ3v) is 5.52. The summed E-state index contributed by atoms with van der Waals surface area (Å²) in [6.07, 6.45) is 0.100. The van der Waals surface area contributed by atoms with Gasteiger partial charge in [0.15, 0.2) is 0 Å². The number of aliphatic hydroxyl groups excluding tert-OH is 1. The Hall–Kier alpha value is -2.75. The van der Waals surface area contributed by atoms with Crippen LogP contribution in [0.5, 0.6) is 11.5 Å². The summed E-state index contributed by atoms with van der Waals surface area (Å²) in [7, 11) is 0. The topological polar surface area (TPSA) is 74.6 Å². The van der Waals surface area contributed by atoms with E-state index in [1.807, 2.05) is 12.1 Å². The van der Waals surface area contributed by atoms with Crippen LogP contribution in [0.2, 0.25) is 0 Å². The molecule has 1 aliphatic heterocycles. The molecule has 0 fully saturated rings. The van der Waals surface area contributed by atoms with Crippen LogP contribution in [0.25, 0.3) is 11.1 Å². The van der Waals surface area contributed by atoms with Gasteiger partial charge in [0.05, 0.1) is 6.10 Å². The van der Waals surface area contributed by atoms with Crippen LogP contribution in [0.1, 0.15) is 12.0 Å². The van der Waals surface area contributed by atoms with Gasteiger partial charge in [-0.3, -0.25) is 0 Å². The van der Waals surface area contributed by atoms with Crippen molar-refractivity contribution in [3.63, 3.8) is 0 Å². The van der Waals surface area contributed by atoms with E-state index in [4.69, 9.17) is 10.1 Å². The molecule has 33 heavy (non-hydrogen) atoms. The largest absolute Gasteiger partial charge is 0.573 e. The molecule has 0 saturated carbocycles. The maximum absolute atomic E-state index is 12.6. The van der Waals surface area contributed by atoms with Crippen molar-refractivity contribution in [1.82, 2.24) is 5.32 Å². The van der Waals surface area contributed by atoms with Crippen LogP contribution < -0.4 is 14.8 Å². The molecule has 5 nitrogen and oxygen atoms in total. The molecule has 2 unspecified atom stereocenters. The van der Waals surface area contributed by atoms with Gasteiger partial charge in [0.1, 0.15) is 17.6 Å². The molecule has 0 aromatic heterocycles. The Morgan fingerprint density at radius 3 is 2.76 bits per heavy atom. The highest BCUT2D eigenvalue weighted by Crippen LogP contribution is 2.36. The van der Waals surface area contributed by atoms with Gasteiger partial charge in [0.25, 0.3) is 0 Å². The highest BCUT2D eigenvalue weighted by Gasteiger charge is 2.32. The minimum absolute atomic E-state index is 0.0730. The van der Waals surface area contributed by atoms with Crippen LogP contribution in [0.15, 0.2) is 65.6 Å². The van der Waals surface area contributed by atoms with Crippen molar-refractivity contribution < 1.29 is 27.8 Å². The first-order chi connectivity index (χ1) is 15.7. The van der Waals surface area contributed by atoms with E-state index >= 15 is 0 Å². The molecular formula is C24H25F3N2O3S. The number of alkyl halides is 3. The number of fused-ring (bicyclic) bond motifs is 1. The number of aryl methyl sites for hydroxylation is 1. The third-order valence-electron chi connectivity index (χ3n) is 5.15. The highest BCUT2D eigenvalue weighted by atomic mass is 32.1. The number of benzene rings is 2. The maximum atomic E-state index is 12.6. The number of hydrogen-bond donors (Lipinski definition) is 4. The van der Waals surface area contributed by atoms with Gasteiger partial charge in [-0.15, -0.1) is 25.8 Å². The molecule has 0 radical (unpaired) electrons. The monoisotopic (exact) mass is 478 g/mol. The number of hydrogen-bond acceptors (Lipinski definition) is 6. The molecular weight excluding hydrogens is 453 g/mol. The number of halogens is 3. The van der Waals surface area contributed by atoms with E-state index in [2.05, 4.69) is 29.3 Å². The van der Waals surface area contributed by atoms with Crippen molar-refractivity contribution in [2.45, 2.75) is 36.3 Å². The lowest BCUT2D eigenvalue weighted by molar-refractivity contribution is -0.275. The normalized spacial score (nSPS) is 16.7. The fourth-order valence-corrected chi connectivity index (χ4v) is 3.65. The fourth-order valence-electron chi connectivity index (χ4n) is 3.46. The summed E-state index contributed by atoms with van der Waals surface area (Å²) in [5.41, 5.74) is 2.84. The Morgan fingerprint density at radius 2 is 2.03 bits per heavy atom. The van der Waals surface area contributed by atoms with Crippen molar-refractivity contribution in [3.05, 3.63) is 66.3 Å². The van der Waals surface area contributed by atoms with Crippen LogP contribution in [0.3, 0.4) is 0 Å². The van der Waals surface area contributed by atoms with Gasteiger partial charge in [-0.1, -0.05) is 24.8 Å². The lowest BCUT2D eigenvalue weighted by Crippen LogP contribution is -2.38. The molecule has 0 spiro atoms. The number of rotatable bonds is 9. The lowest BCUT2D eigenvalue weighted by atomic mass is 9.97. The van der Waals surface area contributed by atoms with E-state index in [9.17, 15) is 18.3 Å². The molecule has 1 heterocycles. The van der Waals surface area contributed by atoms with E-state index < -0.39 is 12.5 Å². The zero-order chi connectivity index (χ0) is 24.0. The summed E-state index contributed by atoms with van der Waals surface area (Å²) in [5, 5.41) is 20.2. The summed E-state index contributed by atoms with van der Waals surface area (Å²) in [5.74, 6) is 0.384.